The van der Waals surface area contributed by atoms with Crippen molar-refractivity contribution < 1.29 is 9.18 Å². The normalized spacial score (nSPS) is 10.5. The van der Waals surface area contributed by atoms with Crippen molar-refractivity contribution in [2.45, 2.75) is 0 Å². The van der Waals surface area contributed by atoms with Crippen LogP contribution in [0.2, 0.25) is 0 Å². The van der Waals surface area contributed by atoms with E-state index >= 15 is 0 Å². The maximum Gasteiger partial charge on any atom is 0.257 e. The van der Waals surface area contributed by atoms with E-state index in [0.717, 1.165) is 0 Å². The number of nitrogens with zero attached hydrogens (tertiary/aromatic N) is 2. The molecule has 24 heavy (non-hydrogen) atoms. The lowest BCUT2D eigenvalue weighted by molar-refractivity contribution is 0.0956. The molecule has 1 aromatic carbocycles. The van der Waals surface area contributed by atoms with Crippen molar-refractivity contribution in [2.75, 3.05) is 6.54 Å². The Hall–Kier alpha value is -3.28. The molecule has 0 aliphatic rings. The highest BCUT2D eigenvalue weighted by Gasteiger charge is 2.16. The van der Waals surface area contributed by atoms with Gasteiger partial charge in [-0.2, -0.15) is 0 Å². The number of rotatable bonds is 4. The number of aromatic nitrogens is 2. The Labute approximate surface area is 137 Å². The van der Waals surface area contributed by atoms with Crippen molar-refractivity contribution in [2.24, 2.45) is 0 Å². The highest BCUT2D eigenvalue weighted by atomic mass is 19.1. The van der Waals surface area contributed by atoms with Crippen molar-refractivity contribution in [3.8, 4) is 5.69 Å². The van der Waals surface area contributed by atoms with Gasteiger partial charge in [0.25, 0.3) is 5.91 Å². The first kappa shape index (κ1) is 15.6. The summed E-state index contributed by atoms with van der Waals surface area (Å²) in [7, 11) is 0. The smallest absolute Gasteiger partial charge is 0.257 e. The molecule has 3 rings (SSSR count). The highest BCUT2D eigenvalue weighted by molar-refractivity contribution is 5.97. The van der Waals surface area contributed by atoms with Crippen LogP contribution in [0.5, 0.6) is 0 Å². The number of hydrogen-bond donors (Lipinski definition) is 1. The molecule has 0 saturated carbocycles. The summed E-state index contributed by atoms with van der Waals surface area (Å²) in [6.45, 7) is 3.78. The number of halogens is 1. The number of amides is 1. The molecule has 1 amide bonds. The number of benzene rings is 1. The lowest BCUT2D eigenvalue weighted by Crippen LogP contribution is -2.30. The fourth-order valence-corrected chi connectivity index (χ4v) is 2.38. The average Bonchev–Trinajstić information content (AvgIpc) is 2.61. The summed E-state index contributed by atoms with van der Waals surface area (Å²) in [6, 6.07) is 8.96. The third kappa shape index (κ3) is 2.81. The standard InChI is InChI=1S/C18H14FN3O2/c1-2-9-21-18(24)15-11-22(13-7-5-12(19)6-8-13)17-14(16(15)23)4-3-10-20-17/h2-8,10-11H,1,9H2,(H,21,24). The maximum absolute atomic E-state index is 13.2. The van der Waals surface area contributed by atoms with E-state index < -0.39 is 11.3 Å². The summed E-state index contributed by atoms with van der Waals surface area (Å²) in [5.41, 5.74) is 0.576. The van der Waals surface area contributed by atoms with Gasteiger partial charge in [0, 0.05) is 24.6 Å². The van der Waals surface area contributed by atoms with Crippen molar-refractivity contribution in [1.29, 1.82) is 0 Å². The predicted octanol–water partition coefficient (Wildman–Crippen LogP) is 2.44. The molecule has 0 aliphatic heterocycles. The van der Waals surface area contributed by atoms with E-state index in [4.69, 9.17) is 0 Å². The lowest BCUT2D eigenvalue weighted by atomic mass is 10.1. The van der Waals surface area contributed by atoms with Crippen LogP contribution in [0.3, 0.4) is 0 Å². The summed E-state index contributed by atoms with van der Waals surface area (Å²) in [4.78, 5) is 29.0. The van der Waals surface area contributed by atoms with E-state index in [1.54, 1.807) is 35.0 Å². The fourth-order valence-electron chi connectivity index (χ4n) is 2.38. The zero-order valence-corrected chi connectivity index (χ0v) is 12.7. The molecule has 2 heterocycles. The molecule has 0 unspecified atom stereocenters. The Morgan fingerprint density at radius 3 is 2.75 bits per heavy atom. The van der Waals surface area contributed by atoms with Gasteiger partial charge in [-0.1, -0.05) is 6.08 Å². The van der Waals surface area contributed by atoms with E-state index in [2.05, 4.69) is 16.9 Å². The van der Waals surface area contributed by atoms with Gasteiger partial charge < -0.3 is 9.88 Å². The molecular weight excluding hydrogens is 309 g/mol. The third-order valence-electron chi connectivity index (χ3n) is 3.52. The molecule has 2 aromatic heterocycles. The summed E-state index contributed by atoms with van der Waals surface area (Å²) >= 11 is 0. The Morgan fingerprint density at radius 2 is 2.04 bits per heavy atom. The van der Waals surface area contributed by atoms with Crippen LogP contribution in [-0.2, 0) is 0 Å². The molecule has 120 valence electrons. The second-order valence-corrected chi connectivity index (χ2v) is 5.09. The first-order chi connectivity index (χ1) is 11.6. The van der Waals surface area contributed by atoms with Crippen LogP contribution in [0.1, 0.15) is 10.4 Å². The molecule has 0 spiro atoms. The monoisotopic (exact) mass is 323 g/mol. The van der Waals surface area contributed by atoms with Crippen LogP contribution < -0.4 is 10.7 Å². The summed E-state index contributed by atoms with van der Waals surface area (Å²) in [6.07, 6.45) is 4.50. The van der Waals surface area contributed by atoms with Crippen molar-refractivity contribution in [3.05, 3.63) is 83.1 Å². The topological polar surface area (TPSA) is 64.0 Å². The highest BCUT2D eigenvalue weighted by Crippen LogP contribution is 2.16. The van der Waals surface area contributed by atoms with E-state index in [-0.39, 0.29) is 17.9 Å². The van der Waals surface area contributed by atoms with Crippen molar-refractivity contribution in [1.82, 2.24) is 14.9 Å². The van der Waals surface area contributed by atoms with E-state index in [1.165, 1.54) is 24.4 Å². The summed E-state index contributed by atoms with van der Waals surface area (Å²) in [5, 5.41) is 2.90. The van der Waals surface area contributed by atoms with Gasteiger partial charge in [0.1, 0.15) is 17.0 Å². The van der Waals surface area contributed by atoms with Gasteiger partial charge in [0.2, 0.25) is 5.43 Å². The molecular formula is C18H14FN3O2. The molecule has 0 fully saturated rings. The van der Waals surface area contributed by atoms with Crippen LogP contribution in [0.4, 0.5) is 4.39 Å². The number of pyridine rings is 2. The zero-order chi connectivity index (χ0) is 17.1. The van der Waals surface area contributed by atoms with Gasteiger partial charge in [-0.05, 0) is 36.4 Å². The second-order valence-electron chi connectivity index (χ2n) is 5.09. The van der Waals surface area contributed by atoms with Gasteiger partial charge in [-0.15, -0.1) is 6.58 Å². The molecule has 5 nitrogen and oxygen atoms in total. The fraction of sp³-hybridized carbons (Fsp3) is 0.0556. The van der Waals surface area contributed by atoms with Gasteiger partial charge in [0.05, 0.1) is 5.39 Å². The largest absolute Gasteiger partial charge is 0.348 e. The minimum atomic E-state index is -0.499. The molecule has 0 saturated heterocycles. The minimum absolute atomic E-state index is 0.0123. The van der Waals surface area contributed by atoms with E-state index in [1.807, 2.05) is 0 Å². The lowest BCUT2D eigenvalue weighted by Gasteiger charge is -2.12. The average molecular weight is 323 g/mol. The van der Waals surface area contributed by atoms with E-state index in [9.17, 15) is 14.0 Å². The van der Waals surface area contributed by atoms with Crippen LogP contribution in [0.25, 0.3) is 16.7 Å². The number of carbonyl (C=O) groups excluding carboxylic acids is 1. The van der Waals surface area contributed by atoms with Crippen LogP contribution in [0.15, 0.2) is 66.2 Å². The zero-order valence-electron chi connectivity index (χ0n) is 12.7. The SMILES string of the molecule is C=CCNC(=O)c1cn(-c2ccc(F)cc2)c2ncccc2c1=O. The van der Waals surface area contributed by atoms with Crippen molar-refractivity contribution in [3.63, 3.8) is 0 Å². The minimum Gasteiger partial charge on any atom is -0.348 e. The molecule has 0 bridgehead atoms. The van der Waals surface area contributed by atoms with Crippen LogP contribution in [-0.4, -0.2) is 22.0 Å². The second kappa shape index (κ2) is 6.45. The molecule has 1 N–H and O–H groups in total. The predicted molar refractivity (Wildman–Crippen MR) is 89.8 cm³/mol. The Kier molecular flexibility index (Phi) is 4.20. The van der Waals surface area contributed by atoms with Gasteiger partial charge in [-0.25, -0.2) is 9.37 Å². The van der Waals surface area contributed by atoms with E-state index in [0.29, 0.717) is 16.7 Å². The molecule has 6 heteroatoms. The first-order valence-electron chi connectivity index (χ1n) is 7.27. The Morgan fingerprint density at radius 1 is 1.29 bits per heavy atom. The molecule has 3 aromatic rings. The van der Waals surface area contributed by atoms with Gasteiger partial charge in [0.15, 0.2) is 0 Å². The first-order valence-corrected chi connectivity index (χ1v) is 7.27. The molecule has 0 atom stereocenters. The third-order valence-corrected chi connectivity index (χ3v) is 3.52. The maximum atomic E-state index is 13.2. The van der Waals surface area contributed by atoms with Gasteiger partial charge in [-0.3, -0.25) is 9.59 Å². The van der Waals surface area contributed by atoms with Crippen molar-refractivity contribution >= 4 is 16.9 Å². The van der Waals surface area contributed by atoms with Gasteiger partial charge >= 0.3 is 0 Å². The summed E-state index contributed by atoms with van der Waals surface area (Å²) < 4.78 is 14.8. The van der Waals surface area contributed by atoms with Crippen LogP contribution in [0, 0.1) is 5.82 Å². The molecule has 0 radical (unpaired) electrons. The quantitative estimate of drug-likeness (QED) is 0.750. The Bertz CT molecular complexity index is 978. The van der Waals surface area contributed by atoms with Crippen LogP contribution >= 0.6 is 0 Å². The molecule has 0 aliphatic carbocycles. The Balaban J connectivity index is 2.26. The number of carbonyl (C=O) groups is 1. The summed E-state index contributed by atoms with van der Waals surface area (Å²) in [5.74, 6) is -0.873. The number of nitrogens with one attached hydrogen (secondary N) is 1. The number of fused-ring (bicyclic) bond motifs is 1. The number of hydrogen-bond acceptors (Lipinski definition) is 3.